The van der Waals surface area contributed by atoms with Crippen molar-refractivity contribution < 1.29 is 19.1 Å². The number of carbonyl (C=O) groups excluding carboxylic acids is 3. The van der Waals surface area contributed by atoms with Gasteiger partial charge in [-0.05, 0) is 37.0 Å². The molecule has 2 aliphatic rings. The first-order valence-corrected chi connectivity index (χ1v) is 9.12. The highest BCUT2D eigenvalue weighted by molar-refractivity contribution is 7.17. The van der Waals surface area contributed by atoms with E-state index in [9.17, 15) is 14.4 Å². The van der Waals surface area contributed by atoms with E-state index in [2.05, 4.69) is 5.32 Å². The average Bonchev–Trinajstić information content (AvgIpc) is 3.17. The lowest BCUT2D eigenvalue weighted by molar-refractivity contribution is -0.123. The number of nitrogens with two attached hydrogens (primary N) is 1. The number of fused-ring (bicyclic) bond motifs is 2. The van der Waals surface area contributed by atoms with Crippen molar-refractivity contribution in [3.8, 4) is 5.75 Å². The Labute approximate surface area is 153 Å². The van der Waals surface area contributed by atoms with Gasteiger partial charge in [-0.1, -0.05) is 12.1 Å². The van der Waals surface area contributed by atoms with Crippen LogP contribution in [0.5, 0.6) is 5.75 Å². The zero-order chi connectivity index (χ0) is 18.3. The van der Waals surface area contributed by atoms with E-state index in [1.807, 2.05) is 0 Å². The molecular formula is C18H17N3O4S. The molecule has 0 saturated carbocycles. The highest BCUT2D eigenvalue weighted by Gasteiger charge is 2.29. The second-order valence-electron chi connectivity index (χ2n) is 6.21. The lowest BCUT2D eigenvalue weighted by Gasteiger charge is -2.28. The summed E-state index contributed by atoms with van der Waals surface area (Å²) in [4.78, 5) is 39.0. The molecule has 26 heavy (non-hydrogen) atoms. The van der Waals surface area contributed by atoms with E-state index in [-0.39, 0.29) is 25.0 Å². The summed E-state index contributed by atoms with van der Waals surface area (Å²) >= 11 is 1.39. The molecule has 0 bridgehead atoms. The second kappa shape index (κ2) is 6.45. The third-order valence-electron chi connectivity index (χ3n) is 4.53. The third kappa shape index (κ3) is 2.82. The first-order chi connectivity index (χ1) is 12.5. The molecule has 1 aromatic heterocycles. The second-order valence-corrected chi connectivity index (χ2v) is 7.32. The van der Waals surface area contributed by atoms with E-state index in [0.29, 0.717) is 22.0 Å². The Kier molecular flexibility index (Phi) is 4.12. The Hall–Kier alpha value is -2.87. The molecule has 1 aliphatic carbocycles. The predicted molar refractivity (Wildman–Crippen MR) is 97.8 cm³/mol. The zero-order valence-corrected chi connectivity index (χ0v) is 14.7. The molecule has 2 aromatic rings. The first-order valence-electron chi connectivity index (χ1n) is 8.31. The fourth-order valence-corrected chi connectivity index (χ4v) is 4.70. The fourth-order valence-electron chi connectivity index (χ4n) is 3.39. The normalized spacial score (nSPS) is 15.2. The molecule has 134 valence electrons. The van der Waals surface area contributed by atoms with E-state index in [1.165, 1.54) is 16.2 Å². The number of nitrogens with one attached hydrogen (secondary N) is 1. The maximum atomic E-state index is 12.5. The molecule has 0 spiro atoms. The molecule has 3 N–H and O–H groups in total. The number of nitrogens with zero attached hydrogens (tertiary/aromatic N) is 1. The van der Waals surface area contributed by atoms with Crippen LogP contribution in [0.25, 0.3) is 0 Å². The maximum absolute atomic E-state index is 12.5. The van der Waals surface area contributed by atoms with Gasteiger partial charge in [-0.3, -0.25) is 19.3 Å². The number of hydrogen-bond donors (Lipinski definition) is 2. The molecule has 0 fully saturated rings. The van der Waals surface area contributed by atoms with Gasteiger partial charge < -0.3 is 15.8 Å². The quantitative estimate of drug-likeness (QED) is 0.854. The molecule has 0 atom stereocenters. The van der Waals surface area contributed by atoms with Crippen molar-refractivity contribution >= 4 is 39.7 Å². The van der Waals surface area contributed by atoms with E-state index in [0.717, 1.165) is 29.7 Å². The van der Waals surface area contributed by atoms with Gasteiger partial charge in [0.15, 0.2) is 6.61 Å². The standard InChI is InChI=1S/C18H17N3O4S/c19-17(24)16-10-4-3-7-13(10)26-18(16)20-14(22)8-21-11-5-1-2-6-12(11)25-9-15(21)23/h1-2,5-6H,3-4,7-9H2,(H2,19,24)(H,20,22). The fraction of sp³-hybridized carbons (Fsp3) is 0.278. The molecule has 4 rings (SSSR count). The van der Waals surface area contributed by atoms with Crippen molar-refractivity contribution in [2.45, 2.75) is 19.3 Å². The van der Waals surface area contributed by atoms with Crippen molar-refractivity contribution in [1.29, 1.82) is 0 Å². The van der Waals surface area contributed by atoms with Crippen molar-refractivity contribution in [1.82, 2.24) is 0 Å². The van der Waals surface area contributed by atoms with Gasteiger partial charge in [0.25, 0.3) is 11.8 Å². The number of hydrogen-bond acceptors (Lipinski definition) is 5. The summed E-state index contributed by atoms with van der Waals surface area (Å²) in [5, 5.41) is 3.24. The number of anilines is 2. The highest BCUT2D eigenvalue weighted by atomic mass is 32.1. The number of rotatable bonds is 4. The molecule has 8 heteroatoms. The van der Waals surface area contributed by atoms with Crippen molar-refractivity contribution in [3.05, 3.63) is 40.3 Å². The van der Waals surface area contributed by atoms with Gasteiger partial charge in [0.2, 0.25) is 5.91 Å². The Morgan fingerprint density at radius 2 is 2.08 bits per heavy atom. The summed E-state index contributed by atoms with van der Waals surface area (Å²) in [5.74, 6) is -0.638. The molecule has 1 aromatic carbocycles. The molecule has 0 saturated heterocycles. The van der Waals surface area contributed by atoms with Gasteiger partial charge in [-0.25, -0.2) is 0 Å². The first kappa shape index (κ1) is 16.6. The topological polar surface area (TPSA) is 102 Å². The van der Waals surface area contributed by atoms with Gasteiger partial charge in [0, 0.05) is 4.88 Å². The summed E-state index contributed by atoms with van der Waals surface area (Å²) in [5.41, 5.74) is 7.43. The summed E-state index contributed by atoms with van der Waals surface area (Å²) in [6.07, 6.45) is 2.69. The van der Waals surface area contributed by atoms with E-state index in [1.54, 1.807) is 24.3 Å². The van der Waals surface area contributed by atoms with E-state index in [4.69, 9.17) is 10.5 Å². The van der Waals surface area contributed by atoms with Gasteiger partial charge in [0.05, 0.1) is 11.3 Å². The van der Waals surface area contributed by atoms with Crippen LogP contribution in [-0.4, -0.2) is 30.9 Å². The Morgan fingerprint density at radius 1 is 1.27 bits per heavy atom. The third-order valence-corrected chi connectivity index (χ3v) is 5.74. The van der Waals surface area contributed by atoms with Crippen LogP contribution < -0.4 is 20.7 Å². The number of ether oxygens (including phenoxy) is 1. The average molecular weight is 371 g/mol. The lowest BCUT2D eigenvalue weighted by atomic mass is 10.1. The van der Waals surface area contributed by atoms with Crippen LogP contribution in [0.1, 0.15) is 27.2 Å². The molecule has 3 amide bonds. The zero-order valence-electron chi connectivity index (χ0n) is 13.9. The van der Waals surface area contributed by atoms with E-state index >= 15 is 0 Å². The monoisotopic (exact) mass is 371 g/mol. The summed E-state index contributed by atoms with van der Waals surface area (Å²) in [6.45, 7) is -0.260. The Morgan fingerprint density at radius 3 is 2.88 bits per heavy atom. The van der Waals surface area contributed by atoms with Crippen molar-refractivity contribution in [2.24, 2.45) is 5.73 Å². The van der Waals surface area contributed by atoms with Gasteiger partial charge in [0.1, 0.15) is 17.3 Å². The van der Waals surface area contributed by atoms with Crippen LogP contribution in [-0.2, 0) is 22.4 Å². The van der Waals surface area contributed by atoms with Crippen LogP contribution >= 0.6 is 11.3 Å². The number of thiophene rings is 1. The molecule has 0 unspecified atom stereocenters. The summed E-state index contributed by atoms with van der Waals surface area (Å²) in [6, 6.07) is 7.07. The maximum Gasteiger partial charge on any atom is 0.265 e. The Bertz CT molecular complexity index is 921. The van der Waals surface area contributed by atoms with Crippen LogP contribution in [0.3, 0.4) is 0 Å². The molecule has 1 aliphatic heterocycles. The van der Waals surface area contributed by atoms with Crippen molar-refractivity contribution in [3.63, 3.8) is 0 Å². The number of benzene rings is 1. The van der Waals surface area contributed by atoms with Crippen LogP contribution in [0, 0.1) is 0 Å². The van der Waals surface area contributed by atoms with Crippen molar-refractivity contribution in [2.75, 3.05) is 23.4 Å². The molecule has 2 heterocycles. The smallest absolute Gasteiger partial charge is 0.265 e. The number of amides is 3. The van der Waals surface area contributed by atoms with Gasteiger partial charge >= 0.3 is 0 Å². The minimum absolute atomic E-state index is 0.107. The summed E-state index contributed by atoms with van der Waals surface area (Å²) < 4.78 is 5.38. The van der Waals surface area contributed by atoms with E-state index < -0.39 is 5.91 Å². The van der Waals surface area contributed by atoms with Crippen LogP contribution in [0.2, 0.25) is 0 Å². The van der Waals surface area contributed by atoms with Crippen LogP contribution in [0.15, 0.2) is 24.3 Å². The summed E-state index contributed by atoms with van der Waals surface area (Å²) in [7, 11) is 0. The number of primary amides is 1. The Balaban J connectivity index is 1.55. The predicted octanol–water partition coefficient (Wildman–Crippen LogP) is 1.70. The minimum Gasteiger partial charge on any atom is -0.482 e. The van der Waals surface area contributed by atoms with Crippen LogP contribution in [0.4, 0.5) is 10.7 Å². The number of para-hydroxylation sites is 2. The largest absolute Gasteiger partial charge is 0.482 e. The SMILES string of the molecule is NC(=O)c1c(NC(=O)CN2C(=O)COc3ccccc32)sc2c1CCC2. The molecular weight excluding hydrogens is 354 g/mol. The number of carbonyl (C=O) groups is 3. The molecule has 7 nitrogen and oxygen atoms in total. The molecule has 0 radical (unpaired) electrons. The lowest BCUT2D eigenvalue weighted by Crippen LogP contribution is -2.43. The van der Waals surface area contributed by atoms with Gasteiger partial charge in [-0.2, -0.15) is 0 Å². The highest BCUT2D eigenvalue weighted by Crippen LogP contribution is 2.39. The van der Waals surface area contributed by atoms with Gasteiger partial charge in [-0.15, -0.1) is 11.3 Å². The number of aryl methyl sites for hydroxylation is 1. The minimum atomic E-state index is -0.535.